The molecule has 0 aliphatic heterocycles. The molecular weight excluding hydrogens is 584 g/mol. The quantitative estimate of drug-likeness (QED) is 0.202. The number of hydrogen-bond acceptors (Lipinski definition) is 4. The number of halogens is 2. The summed E-state index contributed by atoms with van der Waals surface area (Å²) in [5.74, 6) is 0.806. The number of nitrogens with zero attached hydrogens (tertiary/aromatic N) is 1. The van der Waals surface area contributed by atoms with Crippen LogP contribution in [0.25, 0.3) is 12.2 Å². The summed E-state index contributed by atoms with van der Waals surface area (Å²) in [7, 11) is 0. The van der Waals surface area contributed by atoms with E-state index in [9.17, 15) is 4.79 Å². The molecule has 1 heterocycles. The topological polar surface area (TPSA) is 85.4 Å². The number of benzene rings is 2. The first-order valence-electron chi connectivity index (χ1n) is 12.1. The van der Waals surface area contributed by atoms with Crippen molar-refractivity contribution in [1.82, 2.24) is 4.98 Å². The minimum Gasteiger partial charge on any atom is -0.481 e. The van der Waals surface area contributed by atoms with Crippen molar-refractivity contribution in [2.45, 2.75) is 51.9 Å². The van der Waals surface area contributed by atoms with Crippen molar-refractivity contribution in [1.29, 1.82) is 0 Å². The maximum absolute atomic E-state index is 11.1. The molecule has 0 fully saturated rings. The summed E-state index contributed by atoms with van der Waals surface area (Å²) in [4.78, 5) is 15.2. The number of rotatable bonds is 12. The highest BCUT2D eigenvalue weighted by molar-refractivity contribution is 9.11. The van der Waals surface area contributed by atoms with Crippen LogP contribution in [0.1, 0.15) is 66.8 Å². The molecule has 5 nitrogen and oxygen atoms in total. The highest BCUT2D eigenvalue weighted by atomic mass is 79.9. The molecule has 190 valence electrons. The van der Waals surface area contributed by atoms with E-state index in [2.05, 4.69) is 75.0 Å². The van der Waals surface area contributed by atoms with Gasteiger partial charge in [-0.25, -0.2) is 0 Å². The predicted octanol–water partition coefficient (Wildman–Crippen LogP) is 7.99. The molecule has 0 saturated carbocycles. The van der Waals surface area contributed by atoms with E-state index in [4.69, 9.17) is 15.6 Å². The molecule has 0 saturated heterocycles. The smallest absolute Gasteiger partial charge is 0.307 e. The van der Waals surface area contributed by atoms with E-state index in [1.807, 2.05) is 12.1 Å². The number of carboxylic acids is 1. The number of pyridine rings is 1. The molecule has 3 N–H and O–H groups in total. The van der Waals surface area contributed by atoms with Gasteiger partial charge in [0.25, 0.3) is 0 Å². The van der Waals surface area contributed by atoms with Gasteiger partial charge in [0.1, 0.15) is 5.75 Å². The maximum atomic E-state index is 11.1. The summed E-state index contributed by atoms with van der Waals surface area (Å²) in [5, 5.41) is 9.14. The number of unbranched alkanes of at least 4 members (excludes halogenated alkanes) is 2. The lowest BCUT2D eigenvalue weighted by molar-refractivity contribution is -0.136. The van der Waals surface area contributed by atoms with Gasteiger partial charge >= 0.3 is 5.97 Å². The van der Waals surface area contributed by atoms with Gasteiger partial charge in [-0.05, 0) is 128 Å². The minimum atomic E-state index is -0.878. The average Bonchev–Trinajstić information content (AvgIpc) is 2.82. The molecule has 0 aliphatic rings. The number of carbonyl (C=O) groups is 1. The molecule has 0 amide bonds. The van der Waals surface area contributed by atoms with Gasteiger partial charge in [0.05, 0.1) is 15.4 Å². The number of nitrogens with two attached hydrogens (primary N) is 1. The Labute approximate surface area is 230 Å². The lowest BCUT2D eigenvalue weighted by Gasteiger charge is -2.20. The highest BCUT2D eigenvalue weighted by Gasteiger charge is 2.17. The number of aryl methyl sites for hydroxylation is 1. The molecule has 1 aromatic heterocycles. The van der Waals surface area contributed by atoms with E-state index >= 15 is 0 Å². The first kappa shape index (κ1) is 28.1. The van der Waals surface area contributed by atoms with Crippen molar-refractivity contribution >= 4 is 50.0 Å². The van der Waals surface area contributed by atoms with Crippen LogP contribution in [0.2, 0.25) is 0 Å². The Kier molecular flexibility index (Phi) is 10.7. The third-order valence-corrected chi connectivity index (χ3v) is 6.97. The minimum absolute atomic E-state index is 0.0581. The Morgan fingerprint density at radius 1 is 1.06 bits per heavy atom. The van der Waals surface area contributed by atoms with E-state index in [0.29, 0.717) is 32.7 Å². The fraction of sp³-hybridized carbons (Fsp3) is 0.310. The summed E-state index contributed by atoms with van der Waals surface area (Å²) >= 11 is 7.12. The third-order valence-electron chi connectivity index (χ3n) is 5.79. The summed E-state index contributed by atoms with van der Waals surface area (Å²) in [6, 6.07) is 11.7. The van der Waals surface area contributed by atoms with Crippen LogP contribution in [-0.2, 0) is 17.6 Å². The summed E-state index contributed by atoms with van der Waals surface area (Å²) < 4.78 is 7.78. The molecule has 3 aromatic rings. The Morgan fingerprint density at radius 2 is 1.75 bits per heavy atom. The fourth-order valence-corrected chi connectivity index (χ4v) is 5.66. The zero-order valence-corrected chi connectivity index (χ0v) is 23.8. The molecule has 0 unspecified atom stereocenters. The molecular formula is C29H32Br2N2O3. The first-order chi connectivity index (χ1) is 17.3. The van der Waals surface area contributed by atoms with E-state index in [-0.39, 0.29) is 6.42 Å². The van der Waals surface area contributed by atoms with Gasteiger partial charge in [0.15, 0.2) is 5.75 Å². The number of carboxylic acid groups (broad SMARTS) is 1. The Morgan fingerprint density at radius 3 is 2.36 bits per heavy atom. The SMILES string of the molecule is CC(C)c1c(/C=C/c2ccncc2)cc(Oc2c(Br)cc(CC(=O)O)cc2Br)cc1CCCCCN. The lowest BCUT2D eigenvalue weighted by atomic mass is 9.88. The predicted molar refractivity (Wildman–Crippen MR) is 154 cm³/mol. The Bertz CT molecular complexity index is 1190. The van der Waals surface area contributed by atoms with E-state index in [1.54, 1.807) is 24.5 Å². The average molecular weight is 616 g/mol. The van der Waals surface area contributed by atoms with Crippen LogP contribution in [-0.4, -0.2) is 22.6 Å². The van der Waals surface area contributed by atoms with Crippen LogP contribution in [0.5, 0.6) is 11.5 Å². The molecule has 3 rings (SSSR count). The van der Waals surface area contributed by atoms with Crippen molar-refractivity contribution in [2.24, 2.45) is 5.73 Å². The van der Waals surface area contributed by atoms with Crippen LogP contribution >= 0.6 is 31.9 Å². The summed E-state index contributed by atoms with van der Waals surface area (Å²) in [6.45, 7) is 5.15. The Hall–Kier alpha value is -2.48. The van der Waals surface area contributed by atoms with Crippen LogP contribution in [0.15, 0.2) is 57.7 Å². The fourth-order valence-electron chi connectivity index (χ4n) is 4.22. The maximum Gasteiger partial charge on any atom is 0.307 e. The molecule has 0 radical (unpaired) electrons. The van der Waals surface area contributed by atoms with Crippen LogP contribution in [0.4, 0.5) is 0 Å². The van der Waals surface area contributed by atoms with Gasteiger partial charge in [-0.1, -0.05) is 32.4 Å². The van der Waals surface area contributed by atoms with Gasteiger partial charge in [0, 0.05) is 12.4 Å². The van der Waals surface area contributed by atoms with Crippen molar-refractivity contribution in [3.63, 3.8) is 0 Å². The van der Waals surface area contributed by atoms with Gasteiger partial charge in [0.2, 0.25) is 0 Å². The van der Waals surface area contributed by atoms with Gasteiger partial charge in [-0.2, -0.15) is 0 Å². The van der Waals surface area contributed by atoms with Crippen molar-refractivity contribution in [2.75, 3.05) is 6.54 Å². The second kappa shape index (κ2) is 13.7. The van der Waals surface area contributed by atoms with Crippen molar-refractivity contribution < 1.29 is 14.6 Å². The molecule has 0 bridgehead atoms. The van der Waals surface area contributed by atoms with Crippen LogP contribution in [0, 0.1) is 0 Å². The van der Waals surface area contributed by atoms with E-state index in [0.717, 1.165) is 42.6 Å². The molecule has 2 aromatic carbocycles. The number of hydrogen-bond donors (Lipinski definition) is 2. The molecule has 36 heavy (non-hydrogen) atoms. The number of ether oxygens (including phenoxy) is 1. The van der Waals surface area contributed by atoms with E-state index in [1.165, 1.54) is 11.1 Å². The molecule has 0 aliphatic carbocycles. The van der Waals surface area contributed by atoms with Gasteiger partial charge in [-0.15, -0.1) is 0 Å². The first-order valence-corrected chi connectivity index (χ1v) is 13.7. The van der Waals surface area contributed by atoms with Gasteiger partial charge < -0.3 is 15.6 Å². The zero-order chi connectivity index (χ0) is 26.1. The van der Waals surface area contributed by atoms with Crippen molar-refractivity contribution in [3.8, 4) is 11.5 Å². The van der Waals surface area contributed by atoms with Gasteiger partial charge in [-0.3, -0.25) is 9.78 Å². The highest BCUT2D eigenvalue weighted by Crippen LogP contribution is 2.40. The Balaban J connectivity index is 2.03. The second-order valence-corrected chi connectivity index (χ2v) is 10.7. The monoisotopic (exact) mass is 614 g/mol. The second-order valence-electron chi connectivity index (χ2n) is 9.01. The summed E-state index contributed by atoms with van der Waals surface area (Å²) in [5.41, 5.74) is 11.2. The largest absolute Gasteiger partial charge is 0.481 e. The molecule has 0 spiro atoms. The molecule has 0 atom stereocenters. The normalized spacial score (nSPS) is 11.4. The lowest BCUT2D eigenvalue weighted by Crippen LogP contribution is -2.03. The third kappa shape index (κ3) is 8.02. The van der Waals surface area contributed by atoms with E-state index < -0.39 is 5.97 Å². The van der Waals surface area contributed by atoms with Crippen LogP contribution < -0.4 is 10.5 Å². The van der Waals surface area contributed by atoms with Crippen molar-refractivity contribution in [3.05, 3.63) is 85.6 Å². The number of aromatic nitrogens is 1. The standard InChI is InChI=1S/C29H32Br2N2O3/c1-19(2)28-22(6-4-3-5-11-32)17-24(18-23(28)8-7-20-9-12-33-13-10-20)36-29-25(30)14-21(15-26(29)31)16-27(34)35/h7-10,12-15,17-19H,3-6,11,16,32H2,1-2H3,(H,34,35)/b8-7+. The molecule has 7 heteroatoms. The van der Waals surface area contributed by atoms with Crippen LogP contribution in [0.3, 0.4) is 0 Å². The number of aliphatic carboxylic acids is 1. The summed E-state index contributed by atoms with van der Waals surface area (Å²) in [6.07, 6.45) is 11.9. The zero-order valence-electron chi connectivity index (χ0n) is 20.6.